The quantitative estimate of drug-likeness (QED) is 0.660. The Morgan fingerprint density at radius 3 is 2.56 bits per heavy atom. The summed E-state index contributed by atoms with van der Waals surface area (Å²) in [5.74, 6) is 1.05. The molecule has 0 N–H and O–H groups in total. The Hall–Kier alpha value is -2.67. The Morgan fingerprint density at radius 1 is 1.16 bits per heavy atom. The van der Waals surface area contributed by atoms with Crippen molar-refractivity contribution >= 4 is 17.7 Å². The van der Waals surface area contributed by atoms with E-state index in [4.69, 9.17) is 0 Å². The first-order valence-corrected chi connectivity index (χ1v) is 8.80. The summed E-state index contributed by atoms with van der Waals surface area (Å²) in [5, 5.41) is 9.31. The van der Waals surface area contributed by atoms with E-state index in [9.17, 15) is 4.79 Å². The predicted molar refractivity (Wildman–Crippen MR) is 98.7 cm³/mol. The summed E-state index contributed by atoms with van der Waals surface area (Å²) in [4.78, 5) is 17.7. The van der Waals surface area contributed by atoms with Crippen LogP contribution in [0.2, 0.25) is 0 Å². The fraction of sp³-hybridized carbons (Fsp3) is 0.222. The van der Waals surface area contributed by atoms with E-state index in [1.807, 2.05) is 47.9 Å². The van der Waals surface area contributed by atoms with Gasteiger partial charge in [0, 0.05) is 37.7 Å². The molecule has 6 nitrogen and oxygen atoms in total. The molecule has 0 bridgehead atoms. The summed E-state index contributed by atoms with van der Waals surface area (Å²) >= 11 is 1.38. The van der Waals surface area contributed by atoms with E-state index in [1.165, 1.54) is 17.3 Å². The normalized spacial score (nSPS) is 10.7. The highest BCUT2D eigenvalue weighted by molar-refractivity contribution is 7.99. The van der Waals surface area contributed by atoms with Gasteiger partial charge < -0.3 is 4.90 Å². The number of pyridine rings is 1. The second-order valence-electron chi connectivity index (χ2n) is 5.80. The Balaban J connectivity index is 2.02. The van der Waals surface area contributed by atoms with Crippen molar-refractivity contribution < 1.29 is 4.79 Å². The number of thioether (sulfide) groups is 1. The molecule has 0 aliphatic rings. The van der Waals surface area contributed by atoms with Gasteiger partial charge in [-0.1, -0.05) is 29.5 Å². The Bertz CT molecular complexity index is 859. The van der Waals surface area contributed by atoms with Gasteiger partial charge in [0.1, 0.15) is 0 Å². The first-order valence-electron chi connectivity index (χ1n) is 7.82. The molecule has 3 rings (SSSR count). The minimum atomic E-state index is 0.0337. The van der Waals surface area contributed by atoms with Gasteiger partial charge in [0.2, 0.25) is 5.91 Å². The highest BCUT2D eigenvalue weighted by Crippen LogP contribution is 2.27. The summed E-state index contributed by atoms with van der Waals surface area (Å²) in [5.41, 5.74) is 3.01. The number of aromatic nitrogens is 4. The molecule has 1 amide bonds. The molecule has 7 heteroatoms. The lowest BCUT2D eigenvalue weighted by atomic mass is 10.2. The Morgan fingerprint density at radius 2 is 1.92 bits per heavy atom. The van der Waals surface area contributed by atoms with Gasteiger partial charge in [0.15, 0.2) is 11.0 Å². The van der Waals surface area contributed by atoms with Crippen LogP contribution in [0.15, 0.2) is 53.9 Å². The number of amides is 1. The zero-order valence-electron chi connectivity index (χ0n) is 14.4. The van der Waals surface area contributed by atoms with Crippen LogP contribution in [0.25, 0.3) is 17.1 Å². The molecule has 0 aliphatic carbocycles. The summed E-state index contributed by atoms with van der Waals surface area (Å²) < 4.78 is 1.96. The maximum Gasteiger partial charge on any atom is 0.232 e. The number of benzene rings is 1. The van der Waals surface area contributed by atoms with Crippen LogP contribution in [-0.4, -0.2) is 50.4 Å². The molecule has 0 spiro atoms. The lowest BCUT2D eigenvalue weighted by molar-refractivity contribution is -0.125. The van der Waals surface area contributed by atoms with Crippen LogP contribution in [0, 0.1) is 6.92 Å². The van der Waals surface area contributed by atoms with Crippen molar-refractivity contribution in [2.24, 2.45) is 0 Å². The van der Waals surface area contributed by atoms with E-state index >= 15 is 0 Å². The molecular weight excluding hydrogens is 334 g/mol. The second-order valence-corrected chi connectivity index (χ2v) is 6.74. The van der Waals surface area contributed by atoms with Crippen molar-refractivity contribution in [2.45, 2.75) is 12.1 Å². The zero-order chi connectivity index (χ0) is 17.8. The molecule has 0 saturated heterocycles. The minimum Gasteiger partial charge on any atom is -0.348 e. The fourth-order valence-electron chi connectivity index (χ4n) is 2.23. The molecule has 128 valence electrons. The third-order valence-corrected chi connectivity index (χ3v) is 4.58. The van der Waals surface area contributed by atoms with E-state index in [-0.39, 0.29) is 5.91 Å². The van der Waals surface area contributed by atoms with Gasteiger partial charge in [0.05, 0.1) is 5.75 Å². The largest absolute Gasteiger partial charge is 0.348 e. The van der Waals surface area contributed by atoms with Gasteiger partial charge in [-0.3, -0.25) is 14.3 Å². The van der Waals surface area contributed by atoms with Crippen LogP contribution in [0.1, 0.15) is 5.56 Å². The predicted octanol–water partition coefficient (Wildman–Crippen LogP) is 2.82. The standard InChI is InChI=1S/C18H19N5OS/c1-13-6-8-15(9-7-13)23-17(14-5-4-10-19-11-14)20-21-18(23)25-12-16(24)22(2)3/h4-11H,12H2,1-3H3. The van der Waals surface area contributed by atoms with Gasteiger partial charge in [-0.15, -0.1) is 10.2 Å². The van der Waals surface area contributed by atoms with Crippen molar-refractivity contribution in [3.63, 3.8) is 0 Å². The first-order chi connectivity index (χ1) is 12.1. The third kappa shape index (κ3) is 3.88. The van der Waals surface area contributed by atoms with Crippen molar-refractivity contribution in [1.29, 1.82) is 0 Å². The maximum absolute atomic E-state index is 11.9. The molecule has 2 heterocycles. The summed E-state index contributed by atoms with van der Waals surface area (Å²) in [7, 11) is 3.49. The number of rotatable bonds is 5. The molecular formula is C18H19N5OS. The van der Waals surface area contributed by atoms with E-state index < -0.39 is 0 Å². The van der Waals surface area contributed by atoms with Crippen molar-refractivity contribution in [2.75, 3.05) is 19.8 Å². The molecule has 0 radical (unpaired) electrons. The van der Waals surface area contributed by atoms with E-state index in [1.54, 1.807) is 31.4 Å². The lowest BCUT2D eigenvalue weighted by Crippen LogP contribution is -2.23. The van der Waals surface area contributed by atoms with Crippen molar-refractivity contribution in [3.05, 3.63) is 54.4 Å². The van der Waals surface area contributed by atoms with E-state index in [0.717, 1.165) is 11.3 Å². The molecule has 0 aliphatic heterocycles. The first kappa shape index (κ1) is 17.2. The highest BCUT2D eigenvalue weighted by Gasteiger charge is 2.17. The lowest BCUT2D eigenvalue weighted by Gasteiger charge is -2.12. The van der Waals surface area contributed by atoms with Crippen LogP contribution in [-0.2, 0) is 4.79 Å². The summed E-state index contributed by atoms with van der Waals surface area (Å²) in [6.45, 7) is 2.05. The SMILES string of the molecule is Cc1ccc(-n2c(SCC(=O)N(C)C)nnc2-c2cccnc2)cc1. The van der Waals surface area contributed by atoms with Gasteiger partial charge >= 0.3 is 0 Å². The number of nitrogens with zero attached hydrogens (tertiary/aromatic N) is 5. The second kappa shape index (κ2) is 7.48. The monoisotopic (exact) mass is 353 g/mol. The molecule has 0 unspecified atom stereocenters. The molecule has 25 heavy (non-hydrogen) atoms. The van der Waals surface area contributed by atoms with E-state index in [2.05, 4.69) is 15.2 Å². The Labute approximate surface area is 150 Å². The molecule has 0 fully saturated rings. The minimum absolute atomic E-state index is 0.0337. The van der Waals surface area contributed by atoms with Crippen LogP contribution < -0.4 is 0 Å². The van der Waals surface area contributed by atoms with Crippen molar-refractivity contribution in [3.8, 4) is 17.1 Å². The average Bonchev–Trinajstić information content (AvgIpc) is 3.05. The topological polar surface area (TPSA) is 63.9 Å². The smallest absolute Gasteiger partial charge is 0.232 e. The van der Waals surface area contributed by atoms with Crippen LogP contribution in [0.5, 0.6) is 0 Å². The van der Waals surface area contributed by atoms with E-state index in [0.29, 0.717) is 16.7 Å². The molecule has 0 atom stereocenters. The fourth-order valence-corrected chi connectivity index (χ4v) is 3.16. The van der Waals surface area contributed by atoms with Gasteiger partial charge in [-0.25, -0.2) is 0 Å². The molecule has 0 saturated carbocycles. The number of carbonyl (C=O) groups is 1. The van der Waals surface area contributed by atoms with Gasteiger partial charge in [-0.2, -0.15) is 0 Å². The Kier molecular flexibility index (Phi) is 5.14. The molecule has 1 aromatic carbocycles. The van der Waals surface area contributed by atoms with Crippen LogP contribution in [0.3, 0.4) is 0 Å². The summed E-state index contributed by atoms with van der Waals surface area (Å²) in [6.07, 6.45) is 3.48. The number of carbonyl (C=O) groups excluding carboxylic acids is 1. The highest BCUT2D eigenvalue weighted by atomic mass is 32.2. The number of aryl methyl sites for hydroxylation is 1. The van der Waals surface area contributed by atoms with Gasteiger partial charge in [-0.05, 0) is 31.2 Å². The zero-order valence-corrected chi connectivity index (χ0v) is 15.2. The third-order valence-electron chi connectivity index (χ3n) is 3.67. The van der Waals surface area contributed by atoms with Crippen LogP contribution in [0.4, 0.5) is 0 Å². The molecule has 2 aromatic heterocycles. The molecule has 3 aromatic rings. The number of hydrogen-bond acceptors (Lipinski definition) is 5. The average molecular weight is 353 g/mol. The maximum atomic E-state index is 11.9. The number of hydrogen-bond donors (Lipinski definition) is 0. The summed E-state index contributed by atoms with van der Waals surface area (Å²) in [6, 6.07) is 11.9. The van der Waals surface area contributed by atoms with Crippen molar-refractivity contribution in [1.82, 2.24) is 24.6 Å². The van der Waals surface area contributed by atoms with Gasteiger partial charge in [0.25, 0.3) is 0 Å². The van der Waals surface area contributed by atoms with Crippen LogP contribution >= 0.6 is 11.8 Å².